The van der Waals surface area contributed by atoms with Crippen LogP contribution in [0.5, 0.6) is 5.75 Å². The van der Waals surface area contributed by atoms with Gasteiger partial charge < -0.3 is 15.4 Å². The van der Waals surface area contributed by atoms with Crippen LogP contribution in [-0.2, 0) is 6.42 Å². The van der Waals surface area contributed by atoms with E-state index in [2.05, 4.69) is 52.7 Å². The fourth-order valence-corrected chi connectivity index (χ4v) is 2.01. The number of nitrogens with zero attached hydrogens (tertiary/aromatic N) is 3. The molecule has 0 amide bonds. The second-order valence-corrected chi connectivity index (χ2v) is 6.03. The lowest BCUT2D eigenvalue weighted by molar-refractivity contribution is 0.410. The molecule has 2 rings (SSSR count). The van der Waals surface area contributed by atoms with Crippen LogP contribution < -0.4 is 15.4 Å². The zero-order chi connectivity index (χ0) is 16.0. The summed E-state index contributed by atoms with van der Waals surface area (Å²) in [5.74, 6) is 2.13. The Labute approximate surface area is 131 Å². The SMILES string of the molecule is COc1ccccc1CCNc1cnnc(NC(C)(C)C)n1. The van der Waals surface area contributed by atoms with Gasteiger partial charge in [0.25, 0.3) is 0 Å². The summed E-state index contributed by atoms with van der Waals surface area (Å²) in [5.41, 5.74) is 1.06. The van der Waals surface area contributed by atoms with Crippen LogP contribution in [0.4, 0.5) is 11.8 Å². The molecule has 1 aromatic carbocycles. The predicted octanol–water partition coefficient (Wildman–Crippen LogP) is 2.75. The minimum atomic E-state index is -0.0995. The molecule has 0 fully saturated rings. The van der Waals surface area contributed by atoms with Crippen molar-refractivity contribution in [3.05, 3.63) is 36.0 Å². The van der Waals surface area contributed by atoms with Gasteiger partial charge in [-0.25, -0.2) is 0 Å². The molecular formula is C16H23N5O. The number of aromatic nitrogens is 3. The zero-order valence-corrected chi connectivity index (χ0v) is 13.6. The number of hydrogen-bond acceptors (Lipinski definition) is 6. The smallest absolute Gasteiger partial charge is 0.245 e. The number of methoxy groups -OCH3 is 1. The van der Waals surface area contributed by atoms with Gasteiger partial charge >= 0.3 is 0 Å². The second-order valence-electron chi connectivity index (χ2n) is 6.03. The third-order valence-corrected chi connectivity index (χ3v) is 2.94. The molecule has 6 nitrogen and oxygen atoms in total. The van der Waals surface area contributed by atoms with Crippen molar-refractivity contribution in [2.24, 2.45) is 0 Å². The van der Waals surface area contributed by atoms with E-state index in [1.807, 2.05) is 18.2 Å². The summed E-state index contributed by atoms with van der Waals surface area (Å²) in [6, 6.07) is 8.00. The van der Waals surface area contributed by atoms with Crippen molar-refractivity contribution in [1.82, 2.24) is 15.2 Å². The molecule has 0 saturated heterocycles. The molecule has 1 heterocycles. The normalized spacial score (nSPS) is 11.1. The Morgan fingerprint density at radius 2 is 1.95 bits per heavy atom. The number of para-hydroxylation sites is 1. The monoisotopic (exact) mass is 301 g/mol. The Morgan fingerprint density at radius 3 is 2.68 bits per heavy atom. The third-order valence-electron chi connectivity index (χ3n) is 2.94. The zero-order valence-electron chi connectivity index (χ0n) is 13.6. The Bertz CT molecular complexity index is 609. The highest BCUT2D eigenvalue weighted by Crippen LogP contribution is 2.18. The quantitative estimate of drug-likeness (QED) is 0.855. The molecule has 0 aliphatic rings. The second kappa shape index (κ2) is 7.06. The van der Waals surface area contributed by atoms with Crippen molar-refractivity contribution in [3.8, 4) is 5.75 Å². The van der Waals surface area contributed by atoms with Crippen LogP contribution in [0.1, 0.15) is 26.3 Å². The lowest BCUT2D eigenvalue weighted by Crippen LogP contribution is -2.27. The van der Waals surface area contributed by atoms with E-state index < -0.39 is 0 Å². The topological polar surface area (TPSA) is 72.0 Å². The average molecular weight is 301 g/mol. The molecule has 2 N–H and O–H groups in total. The van der Waals surface area contributed by atoms with E-state index in [-0.39, 0.29) is 5.54 Å². The summed E-state index contributed by atoms with van der Waals surface area (Å²) in [6.07, 6.45) is 2.46. The van der Waals surface area contributed by atoms with Gasteiger partial charge in [-0.3, -0.25) is 0 Å². The lowest BCUT2D eigenvalue weighted by Gasteiger charge is -2.20. The highest BCUT2D eigenvalue weighted by molar-refractivity contribution is 5.39. The highest BCUT2D eigenvalue weighted by atomic mass is 16.5. The molecule has 0 saturated carbocycles. The molecule has 118 valence electrons. The van der Waals surface area contributed by atoms with Crippen molar-refractivity contribution in [3.63, 3.8) is 0 Å². The number of benzene rings is 1. The summed E-state index contributed by atoms with van der Waals surface area (Å²) < 4.78 is 5.35. The molecule has 1 aromatic heterocycles. The molecule has 0 atom stereocenters. The van der Waals surface area contributed by atoms with E-state index in [0.29, 0.717) is 11.8 Å². The largest absolute Gasteiger partial charge is 0.496 e. The first-order valence-corrected chi connectivity index (χ1v) is 7.31. The van der Waals surface area contributed by atoms with Gasteiger partial charge in [-0.1, -0.05) is 18.2 Å². The standard InChI is InChI=1S/C16H23N5O/c1-16(2,3)20-15-19-14(11-18-21-15)17-10-9-12-7-5-6-8-13(12)22-4/h5-8,11H,9-10H2,1-4H3,(H2,17,19,20,21). The van der Waals surface area contributed by atoms with E-state index in [1.165, 1.54) is 0 Å². The van der Waals surface area contributed by atoms with Crippen molar-refractivity contribution in [1.29, 1.82) is 0 Å². The first-order valence-electron chi connectivity index (χ1n) is 7.31. The van der Waals surface area contributed by atoms with Crippen LogP contribution in [0.2, 0.25) is 0 Å². The molecule has 22 heavy (non-hydrogen) atoms. The summed E-state index contributed by atoms with van der Waals surface area (Å²) >= 11 is 0. The minimum Gasteiger partial charge on any atom is -0.496 e. The number of nitrogens with one attached hydrogen (secondary N) is 2. The van der Waals surface area contributed by atoms with Gasteiger partial charge in [0.15, 0.2) is 5.82 Å². The minimum absolute atomic E-state index is 0.0995. The Balaban J connectivity index is 1.93. The van der Waals surface area contributed by atoms with Gasteiger partial charge in [-0.05, 0) is 38.8 Å². The van der Waals surface area contributed by atoms with Gasteiger partial charge in [-0.15, -0.1) is 5.10 Å². The fraction of sp³-hybridized carbons (Fsp3) is 0.438. The van der Waals surface area contributed by atoms with E-state index in [4.69, 9.17) is 4.74 Å². The molecule has 0 spiro atoms. The molecule has 0 bridgehead atoms. The maximum absolute atomic E-state index is 5.35. The molecule has 0 aliphatic heterocycles. The van der Waals surface area contributed by atoms with Crippen LogP contribution in [0.3, 0.4) is 0 Å². The van der Waals surface area contributed by atoms with Crippen LogP contribution in [-0.4, -0.2) is 34.4 Å². The summed E-state index contributed by atoms with van der Waals surface area (Å²) in [6.45, 7) is 6.91. The Morgan fingerprint density at radius 1 is 1.18 bits per heavy atom. The van der Waals surface area contributed by atoms with Crippen molar-refractivity contribution in [2.75, 3.05) is 24.3 Å². The third kappa shape index (κ3) is 4.87. The molecule has 2 aromatic rings. The van der Waals surface area contributed by atoms with E-state index in [1.54, 1.807) is 13.3 Å². The van der Waals surface area contributed by atoms with Crippen LogP contribution in [0, 0.1) is 0 Å². The molecule has 0 radical (unpaired) electrons. The number of ether oxygens (including phenoxy) is 1. The van der Waals surface area contributed by atoms with Crippen molar-refractivity contribution >= 4 is 11.8 Å². The summed E-state index contributed by atoms with van der Waals surface area (Å²) in [4.78, 5) is 4.40. The van der Waals surface area contributed by atoms with Gasteiger partial charge in [0.1, 0.15) is 5.75 Å². The Hall–Kier alpha value is -2.37. The van der Waals surface area contributed by atoms with E-state index >= 15 is 0 Å². The average Bonchev–Trinajstić information content (AvgIpc) is 2.46. The predicted molar refractivity (Wildman–Crippen MR) is 88.4 cm³/mol. The van der Waals surface area contributed by atoms with Crippen molar-refractivity contribution < 1.29 is 4.74 Å². The van der Waals surface area contributed by atoms with Gasteiger partial charge in [-0.2, -0.15) is 10.1 Å². The van der Waals surface area contributed by atoms with E-state index in [0.717, 1.165) is 24.3 Å². The van der Waals surface area contributed by atoms with Crippen LogP contribution in [0.15, 0.2) is 30.5 Å². The summed E-state index contributed by atoms with van der Waals surface area (Å²) in [5, 5.41) is 14.4. The fourth-order valence-electron chi connectivity index (χ4n) is 2.01. The lowest BCUT2D eigenvalue weighted by atomic mass is 10.1. The van der Waals surface area contributed by atoms with Crippen LogP contribution in [0.25, 0.3) is 0 Å². The molecular weight excluding hydrogens is 278 g/mol. The van der Waals surface area contributed by atoms with Crippen molar-refractivity contribution in [2.45, 2.75) is 32.7 Å². The molecule has 6 heteroatoms. The maximum atomic E-state index is 5.35. The van der Waals surface area contributed by atoms with Gasteiger partial charge in [0, 0.05) is 12.1 Å². The number of rotatable bonds is 6. The van der Waals surface area contributed by atoms with Gasteiger partial charge in [0.2, 0.25) is 5.95 Å². The first-order chi connectivity index (χ1) is 10.5. The van der Waals surface area contributed by atoms with Gasteiger partial charge in [0.05, 0.1) is 13.3 Å². The first kappa shape index (κ1) is 16.0. The number of hydrogen-bond donors (Lipinski definition) is 2. The maximum Gasteiger partial charge on any atom is 0.245 e. The van der Waals surface area contributed by atoms with E-state index in [9.17, 15) is 0 Å². The Kier molecular flexibility index (Phi) is 5.14. The summed E-state index contributed by atoms with van der Waals surface area (Å²) in [7, 11) is 1.69. The number of anilines is 2. The molecule has 0 unspecified atom stereocenters. The highest BCUT2D eigenvalue weighted by Gasteiger charge is 2.11. The van der Waals surface area contributed by atoms with Crippen LogP contribution >= 0.6 is 0 Å². The molecule has 0 aliphatic carbocycles.